The lowest BCUT2D eigenvalue weighted by atomic mass is 9.51. The lowest BCUT2D eigenvalue weighted by Gasteiger charge is -2.43. The molecule has 0 aliphatic heterocycles. The van der Waals surface area contributed by atoms with Crippen LogP contribution >= 0.6 is 0 Å². The van der Waals surface area contributed by atoms with Crippen LogP contribution in [0.25, 0.3) is 0 Å². The van der Waals surface area contributed by atoms with E-state index in [0.29, 0.717) is 6.42 Å². The summed E-state index contributed by atoms with van der Waals surface area (Å²) in [4.78, 5) is 0. The third kappa shape index (κ3) is 1.18. The second-order valence-corrected chi connectivity index (χ2v) is 5.91. The summed E-state index contributed by atoms with van der Waals surface area (Å²) in [5.41, 5.74) is -3.80. The van der Waals surface area contributed by atoms with Crippen molar-refractivity contribution in [2.24, 2.45) is 28.1 Å². The van der Waals surface area contributed by atoms with E-state index in [0.717, 1.165) is 12.8 Å². The van der Waals surface area contributed by atoms with Crippen molar-refractivity contribution < 1.29 is 0 Å². The molecule has 0 spiro atoms. The highest BCUT2D eigenvalue weighted by Crippen LogP contribution is 2.72. The summed E-state index contributed by atoms with van der Waals surface area (Å²) in [6, 6.07) is 8.18. The van der Waals surface area contributed by atoms with Crippen LogP contribution in [0, 0.1) is 73.4 Å². The maximum atomic E-state index is 9.71. The molecule has 0 N–H and O–H groups in total. The zero-order valence-electron chi connectivity index (χ0n) is 11.7. The molecule has 2 aliphatic carbocycles. The monoisotopic (exact) mass is 264 g/mol. The molecule has 3 unspecified atom stereocenters. The molecule has 3 atom stereocenters. The van der Waals surface area contributed by atoms with Gasteiger partial charge in [-0.15, -0.1) is 0 Å². The Kier molecular flexibility index (Phi) is 3.08. The highest BCUT2D eigenvalue weighted by molar-refractivity contribution is 5.50. The van der Waals surface area contributed by atoms with Gasteiger partial charge in [-0.05, 0) is 12.3 Å². The molecule has 0 heterocycles. The Morgan fingerprint density at radius 1 is 1.15 bits per heavy atom. The topological polar surface area (TPSA) is 95.2 Å². The Morgan fingerprint density at radius 2 is 1.75 bits per heavy atom. The van der Waals surface area contributed by atoms with E-state index in [1.165, 1.54) is 0 Å². The first-order valence-electron chi connectivity index (χ1n) is 6.88. The Balaban J connectivity index is 2.73. The van der Waals surface area contributed by atoms with Gasteiger partial charge >= 0.3 is 0 Å². The summed E-state index contributed by atoms with van der Waals surface area (Å²) in [6.07, 6.45) is 6.16. The molecule has 0 radical (unpaired) electrons. The molecule has 4 nitrogen and oxygen atoms in total. The smallest absolute Gasteiger partial charge is 0.185 e. The first kappa shape index (κ1) is 14.1. The number of hydrogen-bond acceptors (Lipinski definition) is 4. The normalized spacial score (nSPS) is 32.6. The predicted molar refractivity (Wildman–Crippen MR) is 71.1 cm³/mol. The lowest BCUT2D eigenvalue weighted by molar-refractivity contribution is 0.116. The van der Waals surface area contributed by atoms with Crippen molar-refractivity contribution in [3.05, 3.63) is 12.2 Å². The molecule has 20 heavy (non-hydrogen) atoms. The van der Waals surface area contributed by atoms with Crippen LogP contribution in [0.1, 0.15) is 33.1 Å². The Morgan fingerprint density at radius 3 is 2.20 bits per heavy atom. The first-order valence-corrected chi connectivity index (χ1v) is 6.88. The number of hydrogen-bond donors (Lipinski definition) is 0. The minimum Gasteiger partial charge on any atom is -0.196 e. The standard InChI is InChI=1S/C16H16N4/c1-3-4-12(2)14-6-5-13(7-14)15(8-17,9-18)16(14,10-19)11-20/h5-6,12-13H,3-4,7H2,1-2H3. The van der Waals surface area contributed by atoms with Gasteiger partial charge in [0.05, 0.1) is 24.3 Å². The van der Waals surface area contributed by atoms with Crippen molar-refractivity contribution in [3.8, 4) is 24.3 Å². The molecule has 0 aromatic heterocycles. The number of allylic oxidation sites excluding steroid dienone is 2. The summed E-state index contributed by atoms with van der Waals surface area (Å²) in [6.45, 7) is 4.07. The third-order valence-electron chi connectivity index (χ3n) is 5.32. The molecule has 2 aliphatic rings. The fourth-order valence-corrected chi connectivity index (χ4v) is 4.20. The predicted octanol–water partition coefficient (Wildman–Crippen LogP) is 3.07. The number of rotatable bonds is 3. The number of nitrogens with zero attached hydrogens (tertiary/aromatic N) is 4. The highest BCUT2D eigenvalue weighted by atomic mass is 14.7. The number of nitriles is 4. The van der Waals surface area contributed by atoms with Gasteiger partial charge < -0.3 is 0 Å². The van der Waals surface area contributed by atoms with Gasteiger partial charge in [0.1, 0.15) is 0 Å². The summed E-state index contributed by atoms with van der Waals surface area (Å²) < 4.78 is 0. The van der Waals surface area contributed by atoms with Crippen LogP contribution in [0.5, 0.6) is 0 Å². The van der Waals surface area contributed by atoms with Crippen LogP contribution in [-0.2, 0) is 0 Å². The minimum atomic E-state index is -1.57. The molecule has 0 saturated heterocycles. The van der Waals surface area contributed by atoms with Crippen LogP contribution in [0.4, 0.5) is 0 Å². The van der Waals surface area contributed by atoms with E-state index in [4.69, 9.17) is 0 Å². The Hall–Kier alpha value is -2.30. The molecule has 1 saturated carbocycles. The van der Waals surface area contributed by atoms with E-state index in [2.05, 4.69) is 19.1 Å². The van der Waals surface area contributed by atoms with Gasteiger partial charge in [-0.2, -0.15) is 21.0 Å². The zero-order chi connectivity index (χ0) is 15.0. The van der Waals surface area contributed by atoms with Crippen molar-refractivity contribution >= 4 is 0 Å². The van der Waals surface area contributed by atoms with Crippen LogP contribution in [-0.4, -0.2) is 0 Å². The molecule has 0 aromatic rings. The second-order valence-electron chi connectivity index (χ2n) is 5.91. The lowest BCUT2D eigenvalue weighted by Crippen LogP contribution is -2.49. The molecule has 100 valence electrons. The maximum Gasteiger partial charge on any atom is 0.185 e. The SMILES string of the molecule is CCCC(C)C12C=CC(C1)C(C#N)(C#N)C2(C#N)C#N. The molecule has 2 rings (SSSR count). The molecule has 1 fully saturated rings. The van der Waals surface area contributed by atoms with Crippen LogP contribution in [0.15, 0.2) is 12.2 Å². The summed E-state index contributed by atoms with van der Waals surface area (Å²) in [5.74, 6) is -0.229. The number of fused-ring (bicyclic) bond motifs is 2. The summed E-state index contributed by atoms with van der Waals surface area (Å²) in [7, 11) is 0. The largest absolute Gasteiger partial charge is 0.196 e. The maximum absolute atomic E-state index is 9.71. The first-order chi connectivity index (χ1) is 9.54. The molecule has 0 aromatic carbocycles. The fraction of sp³-hybridized carbons (Fsp3) is 0.625. The van der Waals surface area contributed by atoms with Gasteiger partial charge in [-0.1, -0.05) is 38.8 Å². The van der Waals surface area contributed by atoms with Gasteiger partial charge in [0.15, 0.2) is 10.8 Å². The van der Waals surface area contributed by atoms with E-state index in [1.54, 1.807) is 0 Å². The van der Waals surface area contributed by atoms with Crippen molar-refractivity contribution in [1.29, 1.82) is 21.0 Å². The molecule has 4 heteroatoms. The van der Waals surface area contributed by atoms with E-state index in [9.17, 15) is 21.0 Å². The van der Waals surface area contributed by atoms with Crippen molar-refractivity contribution in [1.82, 2.24) is 0 Å². The van der Waals surface area contributed by atoms with Crippen molar-refractivity contribution in [3.63, 3.8) is 0 Å². The average molecular weight is 264 g/mol. The third-order valence-corrected chi connectivity index (χ3v) is 5.32. The molecule has 2 bridgehead atoms. The van der Waals surface area contributed by atoms with E-state index >= 15 is 0 Å². The van der Waals surface area contributed by atoms with E-state index in [1.807, 2.05) is 31.2 Å². The Bertz CT molecular complexity index is 591. The van der Waals surface area contributed by atoms with Gasteiger partial charge in [0.2, 0.25) is 0 Å². The van der Waals surface area contributed by atoms with E-state index in [-0.39, 0.29) is 11.8 Å². The van der Waals surface area contributed by atoms with Crippen LogP contribution in [0.2, 0.25) is 0 Å². The van der Waals surface area contributed by atoms with Gasteiger partial charge in [0, 0.05) is 11.3 Å². The van der Waals surface area contributed by atoms with Gasteiger partial charge in [-0.3, -0.25) is 0 Å². The Labute approximate surface area is 119 Å². The van der Waals surface area contributed by atoms with Gasteiger partial charge in [0.25, 0.3) is 0 Å². The molecular weight excluding hydrogens is 248 g/mol. The summed E-state index contributed by atoms with van der Waals surface area (Å²) >= 11 is 0. The quantitative estimate of drug-likeness (QED) is 0.732. The van der Waals surface area contributed by atoms with Crippen LogP contribution < -0.4 is 0 Å². The second kappa shape index (κ2) is 4.37. The van der Waals surface area contributed by atoms with Crippen molar-refractivity contribution in [2.75, 3.05) is 0 Å². The molecular formula is C16H16N4. The van der Waals surface area contributed by atoms with Crippen molar-refractivity contribution in [2.45, 2.75) is 33.1 Å². The highest BCUT2D eigenvalue weighted by Gasteiger charge is 2.76. The summed E-state index contributed by atoms with van der Waals surface area (Å²) in [5, 5.41) is 38.5. The zero-order valence-corrected chi connectivity index (χ0v) is 11.7. The molecule has 0 amide bonds. The van der Waals surface area contributed by atoms with E-state index < -0.39 is 16.2 Å². The fourth-order valence-electron chi connectivity index (χ4n) is 4.20. The van der Waals surface area contributed by atoms with Gasteiger partial charge in [-0.25, -0.2) is 0 Å². The minimum absolute atomic E-state index is 0.0941. The average Bonchev–Trinajstić information content (AvgIpc) is 3.01. The van der Waals surface area contributed by atoms with Crippen LogP contribution in [0.3, 0.4) is 0 Å².